The van der Waals surface area contributed by atoms with Crippen LogP contribution in [0.5, 0.6) is 0 Å². The zero-order valence-corrected chi connectivity index (χ0v) is 9.80. The van der Waals surface area contributed by atoms with E-state index in [1.54, 1.807) is 0 Å². The number of thioether (sulfide) groups is 1. The van der Waals surface area contributed by atoms with Crippen molar-refractivity contribution in [2.45, 2.75) is 42.5 Å². The van der Waals surface area contributed by atoms with Crippen LogP contribution in [0.4, 0.5) is 0 Å². The summed E-state index contributed by atoms with van der Waals surface area (Å²) in [6.07, 6.45) is 5.60. The Morgan fingerprint density at radius 3 is 3.07 bits per heavy atom. The van der Waals surface area contributed by atoms with E-state index >= 15 is 0 Å². The monoisotopic (exact) mass is 219 g/mol. The van der Waals surface area contributed by atoms with Crippen molar-refractivity contribution in [3.63, 3.8) is 0 Å². The van der Waals surface area contributed by atoms with E-state index in [0.29, 0.717) is 0 Å². The zero-order valence-electron chi connectivity index (χ0n) is 8.98. The molecule has 2 heterocycles. The SMILES string of the molecule is c1ccc2c(c1)CN1CCCCCC1S2. The van der Waals surface area contributed by atoms with Crippen molar-refractivity contribution in [1.29, 1.82) is 0 Å². The van der Waals surface area contributed by atoms with Crippen molar-refractivity contribution in [3.8, 4) is 0 Å². The molecule has 0 saturated carbocycles. The molecule has 0 radical (unpaired) electrons. The van der Waals surface area contributed by atoms with Gasteiger partial charge in [0.05, 0.1) is 5.37 Å². The van der Waals surface area contributed by atoms with Gasteiger partial charge >= 0.3 is 0 Å². The summed E-state index contributed by atoms with van der Waals surface area (Å²) in [5.74, 6) is 0. The van der Waals surface area contributed by atoms with Crippen LogP contribution in [-0.4, -0.2) is 16.8 Å². The maximum absolute atomic E-state index is 2.67. The number of hydrogen-bond acceptors (Lipinski definition) is 2. The van der Waals surface area contributed by atoms with E-state index < -0.39 is 0 Å². The Bertz CT molecular complexity index is 317. The maximum atomic E-state index is 2.67. The molecule has 0 aromatic heterocycles. The summed E-state index contributed by atoms with van der Waals surface area (Å²) < 4.78 is 0. The second-order valence-corrected chi connectivity index (χ2v) is 5.72. The molecule has 80 valence electrons. The fraction of sp³-hybridized carbons (Fsp3) is 0.538. The van der Waals surface area contributed by atoms with Crippen LogP contribution in [0, 0.1) is 0 Å². The third-order valence-electron chi connectivity index (χ3n) is 3.41. The highest BCUT2D eigenvalue weighted by atomic mass is 32.2. The minimum atomic E-state index is 0.752. The van der Waals surface area contributed by atoms with Crippen LogP contribution in [0.1, 0.15) is 31.2 Å². The average molecular weight is 219 g/mol. The van der Waals surface area contributed by atoms with Crippen molar-refractivity contribution in [1.82, 2.24) is 4.90 Å². The van der Waals surface area contributed by atoms with Gasteiger partial charge in [-0.2, -0.15) is 0 Å². The van der Waals surface area contributed by atoms with Crippen LogP contribution in [0.2, 0.25) is 0 Å². The molecular weight excluding hydrogens is 202 g/mol. The lowest BCUT2D eigenvalue weighted by Gasteiger charge is -2.34. The van der Waals surface area contributed by atoms with Gasteiger partial charge in [0.15, 0.2) is 0 Å². The molecule has 0 amide bonds. The van der Waals surface area contributed by atoms with Gasteiger partial charge in [0, 0.05) is 11.4 Å². The molecule has 1 saturated heterocycles. The molecule has 0 spiro atoms. The molecule has 0 bridgehead atoms. The molecule has 2 aliphatic heterocycles. The van der Waals surface area contributed by atoms with E-state index in [4.69, 9.17) is 0 Å². The summed E-state index contributed by atoms with van der Waals surface area (Å²) in [5, 5.41) is 0.752. The Labute approximate surface area is 95.9 Å². The Hall–Kier alpha value is -0.470. The minimum absolute atomic E-state index is 0.752. The first-order chi connectivity index (χ1) is 7.43. The molecular formula is C13H17NS. The first-order valence-electron chi connectivity index (χ1n) is 5.92. The van der Waals surface area contributed by atoms with E-state index in [1.165, 1.54) is 49.2 Å². The lowest BCUT2D eigenvalue weighted by atomic mass is 10.2. The maximum Gasteiger partial charge on any atom is 0.0607 e. The molecule has 3 rings (SSSR count). The van der Waals surface area contributed by atoms with Crippen molar-refractivity contribution >= 4 is 11.8 Å². The summed E-state index contributed by atoms with van der Waals surface area (Å²) in [6, 6.07) is 8.89. The highest BCUT2D eigenvalue weighted by Gasteiger charge is 2.27. The van der Waals surface area contributed by atoms with E-state index in [-0.39, 0.29) is 0 Å². The van der Waals surface area contributed by atoms with E-state index in [1.807, 2.05) is 0 Å². The molecule has 2 heteroatoms. The molecule has 1 fully saturated rings. The molecule has 15 heavy (non-hydrogen) atoms. The standard InChI is InChI=1S/C13H17NS/c1-2-8-13-14(9-5-1)10-11-6-3-4-7-12(11)15-13/h3-4,6-7,13H,1-2,5,8-10H2. The molecule has 1 aromatic carbocycles. The largest absolute Gasteiger partial charge is 0.287 e. The topological polar surface area (TPSA) is 3.24 Å². The second-order valence-electron chi connectivity index (χ2n) is 4.50. The number of nitrogens with zero attached hydrogens (tertiary/aromatic N) is 1. The first-order valence-corrected chi connectivity index (χ1v) is 6.80. The fourth-order valence-electron chi connectivity index (χ4n) is 2.57. The Morgan fingerprint density at radius 2 is 2.07 bits per heavy atom. The highest BCUT2D eigenvalue weighted by molar-refractivity contribution is 8.00. The van der Waals surface area contributed by atoms with Crippen LogP contribution < -0.4 is 0 Å². The Morgan fingerprint density at radius 1 is 1.13 bits per heavy atom. The van der Waals surface area contributed by atoms with Gasteiger partial charge in [0.2, 0.25) is 0 Å². The van der Waals surface area contributed by atoms with Gasteiger partial charge in [-0.1, -0.05) is 31.0 Å². The number of benzene rings is 1. The summed E-state index contributed by atoms with van der Waals surface area (Å²) in [4.78, 5) is 4.18. The summed E-state index contributed by atoms with van der Waals surface area (Å²) in [6.45, 7) is 2.47. The van der Waals surface area contributed by atoms with Gasteiger partial charge in [-0.3, -0.25) is 4.90 Å². The third-order valence-corrected chi connectivity index (χ3v) is 4.87. The fourth-order valence-corrected chi connectivity index (χ4v) is 3.91. The van der Waals surface area contributed by atoms with Gasteiger partial charge < -0.3 is 0 Å². The summed E-state index contributed by atoms with van der Waals surface area (Å²) >= 11 is 2.08. The molecule has 0 aliphatic carbocycles. The predicted octanol–water partition coefficient (Wildman–Crippen LogP) is 3.49. The first kappa shape index (κ1) is 9.73. The number of rotatable bonds is 0. The quantitative estimate of drug-likeness (QED) is 0.657. The lowest BCUT2D eigenvalue weighted by molar-refractivity contribution is 0.246. The van der Waals surface area contributed by atoms with Gasteiger partial charge in [0.25, 0.3) is 0 Å². The van der Waals surface area contributed by atoms with Gasteiger partial charge in [-0.15, -0.1) is 11.8 Å². The molecule has 1 aromatic rings. The van der Waals surface area contributed by atoms with E-state index in [2.05, 4.69) is 40.9 Å². The van der Waals surface area contributed by atoms with Crippen LogP contribution in [-0.2, 0) is 6.54 Å². The normalized spacial score (nSPS) is 26.5. The smallest absolute Gasteiger partial charge is 0.0607 e. The minimum Gasteiger partial charge on any atom is -0.287 e. The summed E-state index contributed by atoms with van der Waals surface area (Å²) in [7, 11) is 0. The van der Waals surface area contributed by atoms with Gasteiger partial charge in [-0.05, 0) is 31.0 Å². The van der Waals surface area contributed by atoms with Crippen molar-refractivity contribution in [3.05, 3.63) is 29.8 Å². The average Bonchev–Trinajstić information content (AvgIpc) is 2.50. The molecule has 1 atom stereocenters. The van der Waals surface area contributed by atoms with Gasteiger partial charge in [-0.25, -0.2) is 0 Å². The van der Waals surface area contributed by atoms with Crippen molar-refractivity contribution in [2.75, 3.05) is 6.54 Å². The van der Waals surface area contributed by atoms with Crippen LogP contribution in [0.3, 0.4) is 0 Å². The molecule has 0 N–H and O–H groups in total. The molecule has 2 aliphatic rings. The molecule has 1 unspecified atom stereocenters. The van der Waals surface area contributed by atoms with Crippen molar-refractivity contribution in [2.24, 2.45) is 0 Å². The predicted molar refractivity (Wildman–Crippen MR) is 65.0 cm³/mol. The number of fused-ring (bicyclic) bond motifs is 2. The van der Waals surface area contributed by atoms with Gasteiger partial charge in [0.1, 0.15) is 0 Å². The van der Waals surface area contributed by atoms with E-state index in [0.717, 1.165) is 5.37 Å². The van der Waals surface area contributed by atoms with Crippen LogP contribution in [0.15, 0.2) is 29.2 Å². The lowest BCUT2D eigenvalue weighted by Crippen LogP contribution is -2.34. The second kappa shape index (κ2) is 4.18. The molecule has 1 nitrogen and oxygen atoms in total. The van der Waals surface area contributed by atoms with Crippen LogP contribution >= 0.6 is 11.8 Å². The third kappa shape index (κ3) is 1.93. The number of hydrogen-bond donors (Lipinski definition) is 0. The summed E-state index contributed by atoms with van der Waals surface area (Å²) in [5.41, 5.74) is 1.53. The van der Waals surface area contributed by atoms with Crippen molar-refractivity contribution < 1.29 is 0 Å². The van der Waals surface area contributed by atoms with E-state index in [9.17, 15) is 0 Å². The zero-order chi connectivity index (χ0) is 10.1. The van der Waals surface area contributed by atoms with Crippen LogP contribution in [0.25, 0.3) is 0 Å². The Balaban J connectivity index is 1.87. The Kier molecular flexibility index (Phi) is 2.72. The highest BCUT2D eigenvalue weighted by Crippen LogP contribution is 2.38.